The summed E-state index contributed by atoms with van der Waals surface area (Å²) in [5.74, 6) is 0. The summed E-state index contributed by atoms with van der Waals surface area (Å²) < 4.78 is 0. The van der Waals surface area contributed by atoms with Gasteiger partial charge in [-0.1, -0.05) is 66.4 Å². The van der Waals surface area contributed by atoms with Crippen molar-refractivity contribution < 1.29 is 0 Å². The monoisotopic (exact) mass is 172 g/mol. The molecule has 0 rings (SSSR count). The van der Waals surface area contributed by atoms with Crippen LogP contribution in [-0.4, -0.2) is 0 Å². The lowest BCUT2D eigenvalue weighted by Crippen LogP contribution is -1.59. The van der Waals surface area contributed by atoms with Crippen LogP contribution < -0.4 is 0 Å². The summed E-state index contributed by atoms with van der Waals surface area (Å²) in [6, 6.07) is 0. The maximum atomic E-state index is 3.55. The first-order valence-corrected chi connectivity index (χ1v) is 5.44. The summed E-state index contributed by atoms with van der Waals surface area (Å²) in [5.41, 5.74) is 0. The van der Waals surface area contributed by atoms with Gasteiger partial charge in [0.05, 0.1) is 0 Å². The summed E-state index contributed by atoms with van der Waals surface area (Å²) in [5, 5.41) is 0. The van der Waals surface area contributed by atoms with E-state index in [0.717, 1.165) is 6.42 Å². The van der Waals surface area contributed by atoms with Crippen molar-refractivity contribution in [2.75, 3.05) is 0 Å². The fourth-order valence-electron chi connectivity index (χ4n) is 0.558. The molecule has 0 aliphatic carbocycles. The summed E-state index contributed by atoms with van der Waals surface area (Å²) in [7, 11) is 0. The van der Waals surface area contributed by atoms with Crippen LogP contribution in [0.1, 0.15) is 66.7 Å². The summed E-state index contributed by atoms with van der Waals surface area (Å²) in [6.45, 7) is 14.1. The quantitative estimate of drug-likeness (QED) is 0.512. The summed E-state index contributed by atoms with van der Waals surface area (Å²) >= 11 is 0. The Bertz CT molecular complexity index is 44.0. The van der Waals surface area contributed by atoms with Gasteiger partial charge in [-0.05, 0) is 6.42 Å². The van der Waals surface area contributed by atoms with Gasteiger partial charge < -0.3 is 0 Å². The van der Waals surface area contributed by atoms with Crippen molar-refractivity contribution in [3.8, 4) is 0 Å². The van der Waals surface area contributed by atoms with E-state index in [1.807, 2.05) is 19.9 Å². The zero-order chi connectivity index (χ0) is 10.2. The van der Waals surface area contributed by atoms with Crippen LogP contribution in [0.2, 0.25) is 0 Å². The Balaban J connectivity index is -0.000000112. The van der Waals surface area contributed by atoms with Gasteiger partial charge in [-0.15, -0.1) is 6.58 Å². The lowest BCUT2D eigenvalue weighted by molar-refractivity contribution is 0.772. The van der Waals surface area contributed by atoms with E-state index in [9.17, 15) is 0 Å². The molecule has 0 amide bonds. The molecule has 0 saturated heterocycles. The number of allylic oxidation sites excluding steroid dienone is 1. The van der Waals surface area contributed by atoms with Crippen LogP contribution in [0.4, 0.5) is 0 Å². The van der Waals surface area contributed by atoms with Gasteiger partial charge in [0.1, 0.15) is 0 Å². The zero-order valence-corrected chi connectivity index (χ0v) is 9.82. The van der Waals surface area contributed by atoms with E-state index < -0.39 is 0 Å². The molecule has 0 aliphatic heterocycles. The number of rotatable bonds is 4. The molecule has 0 aromatic heterocycles. The second-order valence-corrected chi connectivity index (χ2v) is 2.43. The Hall–Kier alpha value is -0.260. The normalized spacial score (nSPS) is 7.08. The molecule has 76 valence electrons. The molecule has 0 atom stereocenters. The minimum absolute atomic E-state index is 1.15. The molecule has 0 heterocycles. The number of unbranched alkanes of at least 4 members (excludes halogenated alkanes) is 3. The van der Waals surface area contributed by atoms with Crippen molar-refractivity contribution in [1.29, 1.82) is 0 Å². The molecule has 0 fully saturated rings. The van der Waals surface area contributed by atoms with Gasteiger partial charge in [0.25, 0.3) is 0 Å². The highest BCUT2D eigenvalue weighted by Crippen LogP contribution is 1.88. The molecule has 0 heteroatoms. The van der Waals surface area contributed by atoms with Crippen molar-refractivity contribution in [2.24, 2.45) is 0 Å². The molecule has 0 N–H and O–H groups in total. The van der Waals surface area contributed by atoms with Crippen molar-refractivity contribution in [3.63, 3.8) is 0 Å². The molecule has 0 bridgehead atoms. The molecule has 0 aromatic rings. The molecule has 0 unspecified atom stereocenters. The highest BCUT2D eigenvalue weighted by atomic mass is 13.7. The third kappa shape index (κ3) is 53.2. The van der Waals surface area contributed by atoms with Gasteiger partial charge in [-0.2, -0.15) is 0 Å². The highest BCUT2D eigenvalue weighted by molar-refractivity contribution is 4.63. The van der Waals surface area contributed by atoms with Crippen LogP contribution in [0.15, 0.2) is 12.7 Å². The van der Waals surface area contributed by atoms with E-state index in [0.29, 0.717) is 0 Å². The van der Waals surface area contributed by atoms with Crippen LogP contribution >= 0.6 is 0 Å². The third-order valence-electron chi connectivity index (χ3n) is 1.20. The topological polar surface area (TPSA) is 0 Å². The Morgan fingerprint density at radius 2 is 1.33 bits per heavy atom. The first kappa shape index (κ1) is 17.7. The molecule has 0 aliphatic rings. The predicted molar refractivity (Wildman–Crippen MR) is 61.7 cm³/mol. The van der Waals surface area contributed by atoms with Crippen LogP contribution in [0.25, 0.3) is 0 Å². The largest absolute Gasteiger partial charge is 0.103 e. The van der Waals surface area contributed by atoms with Gasteiger partial charge in [0.15, 0.2) is 0 Å². The Labute approximate surface area is 80.1 Å². The number of hydrogen-bond acceptors (Lipinski definition) is 0. The average molecular weight is 172 g/mol. The minimum Gasteiger partial charge on any atom is -0.103 e. The molecule has 0 saturated carbocycles. The van der Waals surface area contributed by atoms with Gasteiger partial charge in [0.2, 0.25) is 0 Å². The Morgan fingerprint density at radius 3 is 1.33 bits per heavy atom. The smallest absolute Gasteiger partial charge is 0.0356 e. The molecule has 0 radical (unpaired) electrons. The van der Waals surface area contributed by atoms with E-state index in [-0.39, 0.29) is 0 Å². The first-order valence-electron chi connectivity index (χ1n) is 5.44. The van der Waals surface area contributed by atoms with Gasteiger partial charge in [0, 0.05) is 0 Å². The SMILES string of the molecule is C=CCCC.CC.CCCCC. The molecule has 0 aromatic carbocycles. The molecule has 12 heavy (non-hydrogen) atoms. The second-order valence-electron chi connectivity index (χ2n) is 2.43. The van der Waals surface area contributed by atoms with E-state index in [1.54, 1.807) is 0 Å². The van der Waals surface area contributed by atoms with E-state index in [1.165, 1.54) is 25.7 Å². The minimum atomic E-state index is 1.15. The third-order valence-corrected chi connectivity index (χ3v) is 1.20. The van der Waals surface area contributed by atoms with Gasteiger partial charge in [-0.25, -0.2) is 0 Å². The molecule has 0 spiro atoms. The average Bonchev–Trinajstić information content (AvgIpc) is 2.12. The Kier molecular flexibility index (Phi) is 45.7. The molecular weight excluding hydrogens is 144 g/mol. The van der Waals surface area contributed by atoms with Crippen LogP contribution in [0.5, 0.6) is 0 Å². The van der Waals surface area contributed by atoms with Crippen molar-refractivity contribution in [3.05, 3.63) is 12.7 Å². The van der Waals surface area contributed by atoms with Gasteiger partial charge in [-0.3, -0.25) is 0 Å². The van der Waals surface area contributed by atoms with E-state index >= 15 is 0 Å². The van der Waals surface area contributed by atoms with Crippen molar-refractivity contribution in [2.45, 2.75) is 66.7 Å². The van der Waals surface area contributed by atoms with Crippen LogP contribution in [-0.2, 0) is 0 Å². The predicted octanol–water partition coefficient (Wildman–Crippen LogP) is 5.20. The summed E-state index contributed by atoms with van der Waals surface area (Å²) in [6.07, 6.45) is 8.39. The van der Waals surface area contributed by atoms with Gasteiger partial charge >= 0.3 is 0 Å². The van der Waals surface area contributed by atoms with E-state index in [2.05, 4.69) is 27.4 Å². The van der Waals surface area contributed by atoms with Crippen molar-refractivity contribution in [1.82, 2.24) is 0 Å². The van der Waals surface area contributed by atoms with Crippen molar-refractivity contribution >= 4 is 0 Å². The lowest BCUT2D eigenvalue weighted by atomic mass is 10.3. The highest BCUT2D eigenvalue weighted by Gasteiger charge is 1.68. The lowest BCUT2D eigenvalue weighted by Gasteiger charge is -1.79. The van der Waals surface area contributed by atoms with Crippen LogP contribution in [0.3, 0.4) is 0 Å². The standard InChI is InChI=1S/C5H12.C5H10.C2H6/c2*1-3-5-4-2;1-2/h3-5H2,1-2H3;3H,1,4-5H2,2H3;1-2H3. The van der Waals surface area contributed by atoms with E-state index in [4.69, 9.17) is 0 Å². The zero-order valence-electron chi connectivity index (χ0n) is 9.82. The summed E-state index contributed by atoms with van der Waals surface area (Å²) in [4.78, 5) is 0. The fraction of sp³-hybridized carbons (Fsp3) is 0.833. The Morgan fingerprint density at radius 1 is 0.917 bits per heavy atom. The second kappa shape index (κ2) is 30.9. The maximum absolute atomic E-state index is 3.55. The van der Waals surface area contributed by atoms with Crippen LogP contribution in [0, 0.1) is 0 Å². The fourth-order valence-corrected chi connectivity index (χ4v) is 0.558. The number of hydrogen-bond donors (Lipinski definition) is 0. The molecular formula is C12H28. The maximum Gasteiger partial charge on any atom is -0.0356 e. The molecule has 0 nitrogen and oxygen atoms in total. The first-order chi connectivity index (χ1) is 5.83.